The lowest BCUT2D eigenvalue weighted by molar-refractivity contribution is -0.137. The standard InChI is InChI=1S/C20H18ClF3N2O6/c1-26(9-17(28)25-11-3-6-15(21)14(7-11)20(22,23)24)18(29)10-32-19(30)13-5-4-12(31-2)8-16(13)27/h3-8,27H,9-10H2,1-2H3,(H,25,28). The van der Waals surface area contributed by atoms with Crippen LogP contribution in [0, 0.1) is 0 Å². The van der Waals surface area contributed by atoms with Gasteiger partial charge < -0.3 is 24.8 Å². The molecule has 2 rings (SSSR count). The zero-order chi connectivity index (χ0) is 24.1. The largest absolute Gasteiger partial charge is 0.507 e. The van der Waals surface area contributed by atoms with Gasteiger partial charge >= 0.3 is 12.1 Å². The molecule has 0 aliphatic heterocycles. The molecule has 172 valence electrons. The summed E-state index contributed by atoms with van der Waals surface area (Å²) in [7, 11) is 2.61. The number of ether oxygens (including phenoxy) is 2. The van der Waals surface area contributed by atoms with Crippen LogP contribution in [0.1, 0.15) is 15.9 Å². The summed E-state index contributed by atoms with van der Waals surface area (Å²) in [5.74, 6) is -2.61. The number of carbonyl (C=O) groups is 3. The Morgan fingerprint density at radius 2 is 1.84 bits per heavy atom. The van der Waals surface area contributed by atoms with Gasteiger partial charge in [-0.2, -0.15) is 13.2 Å². The minimum Gasteiger partial charge on any atom is -0.507 e. The summed E-state index contributed by atoms with van der Waals surface area (Å²) in [6.07, 6.45) is -4.70. The number of hydrogen-bond donors (Lipinski definition) is 2. The molecule has 0 spiro atoms. The predicted octanol–water partition coefficient (Wildman–Crippen LogP) is 3.33. The lowest BCUT2D eigenvalue weighted by atomic mass is 10.2. The van der Waals surface area contributed by atoms with Crippen LogP contribution in [-0.4, -0.2) is 55.1 Å². The summed E-state index contributed by atoms with van der Waals surface area (Å²) < 4.78 is 48.4. The predicted molar refractivity (Wildman–Crippen MR) is 108 cm³/mol. The molecule has 0 fully saturated rings. The van der Waals surface area contributed by atoms with E-state index in [2.05, 4.69) is 5.32 Å². The van der Waals surface area contributed by atoms with Crippen LogP contribution >= 0.6 is 11.6 Å². The molecule has 0 unspecified atom stereocenters. The smallest absolute Gasteiger partial charge is 0.417 e. The van der Waals surface area contributed by atoms with Gasteiger partial charge in [-0.25, -0.2) is 4.79 Å². The van der Waals surface area contributed by atoms with Crippen LogP contribution in [0.4, 0.5) is 18.9 Å². The van der Waals surface area contributed by atoms with Crippen LogP contribution in [0.5, 0.6) is 11.5 Å². The van der Waals surface area contributed by atoms with Gasteiger partial charge in [0.25, 0.3) is 5.91 Å². The number of alkyl halides is 3. The van der Waals surface area contributed by atoms with E-state index < -0.39 is 53.4 Å². The molecule has 0 radical (unpaired) electrons. The van der Waals surface area contributed by atoms with E-state index >= 15 is 0 Å². The molecular weight excluding hydrogens is 457 g/mol. The van der Waals surface area contributed by atoms with E-state index in [0.717, 1.165) is 11.0 Å². The number of anilines is 1. The van der Waals surface area contributed by atoms with Crippen molar-refractivity contribution in [2.75, 3.05) is 32.6 Å². The van der Waals surface area contributed by atoms with E-state index in [4.69, 9.17) is 21.1 Å². The van der Waals surface area contributed by atoms with Crippen LogP contribution in [0.2, 0.25) is 5.02 Å². The highest BCUT2D eigenvalue weighted by atomic mass is 35.5. The first-order valence-corrected chi connectivity index (χ1v) is 9.25. The molecule has 2 aromatic rings. The number of phenols is 1. The number of aromatic hydroxyl groups is 1. The first-order chi connectivity index (χ1) is 14.9. The Hall–Kier alpha value is -3.47. The van der Waals surface area contributed by atoms with Crippen molar-refractivity contribution in [1.82, 2.24) is 4.90 Å². The van der Waals surface area contributed by atoms with Gasteiger partial charge in [-0.1, -0.05) is 11.6 Å². The average Bonchev–Trinajstić information content (AvgIpc) is 2.71. The number of nitrogens with zero attached hydrogens (tertiary/aromatic N) is 1. The fraction of sp³-hybridized carbons (Fsp3) is 0.250. The molecule has 8 nitrogen and oxygen atoms in total. The Balaban J connectivity index is 1.91. The maximum absolute atomic E-state index is 12.9. The van der Waals surface area contributed by atoms with Crippen molar-refractivity contribution >= 4 is 35.1 Å². The minimum absolute atomic E-state index is 0.158. The Morgan fingerprint density at radius 3 is 2.44 bits per heavy atom. The highest BCUT2D eigenvalue weighted by Crippen LogP contribution is 2.36. The number of hydrogen-bond acceptors (Lipinski definition) is 6. The van der Waals surface area contributed by atoms with Crippen LogP contribution in [0.15, 0.2) is 36.4 Å². The van der Waals surface area contributed by atoms with Gasteiger partial charge in [0.1, 0.15) is 17.1 Å². The van der Waals surface area contributed by atoms with E-state index in [1.54, 1.807) is 0 Å². The summed E-state index contributed by atoms with van der Waals surface area (Å²) >= 11 is 5.52. The molecule has 2 aromatic carbocycles. The van der Waals surface area contributed by atoms with Crippen LogP contribution < -0.4 is 10.1 Å². The van der Waals surface area contributed by atoms with Crippen molar-refractivity contribution < 1.29 is 42.1 Å². The third-order valence-corrected chi connectivity index (χ3v) is 4.44. The molecule has 0 heterocycles. The average molecular weight is 475 g/mol. The Kier molecular flexibility index (Phi) is 7.92. The lowest BCUT2D eigenvalue weighted by Crippen LogP contribution is -2.37. The van der Waals surface area contributed by atoms with Gasteiger partial charge in [-0.15, -0.1) is 0 Å². The zero-order valence-corrected chi connectivity index (χ0v) is 17.6. The fourth-order valence-corrected chi connectivity index (χ4v) is 2.68. The van der Waals surface area contributed by atoms with Crippen LogP contribution in [0.3, 0.4) is 0 Å². The van der Waals surface area contributed by atoms with Gasteiger partial charge in [0, 0.05) is 18.8 Å². The molecule has 0 atom stereocenters. The van der Waals surface area contributed by atoms with Crippen molar-refractivity contribution in [1.29, 1.82) is 0 Å². The van der Waals surface area contributed by atoms with E-state index in [1.807, 2.05) is 0 Å². The summed E-state index contributed by atoms with van der Waals surface area (Å²) in [6.45, 7) is -1.25. The second-order valence-corrected chi connectivity index (χ2v) is 6.86. The van der Waals surface area contributed by atoms with Gasteiger partial charge in [0.15, 0.2) is 6.61 Å². The first kappa shape index (κ1) is 24.8. The van der Waals surface area contributed by atoms with E-state index in [1.165, 1.54) is 38.4 Å². The van der Waals surface area contributed by atoms with Crippen molar-refractivity contribution in [3.8, 4) is 11.5 Å². The molecule has 2 amide bonds. The number of phenolic OH excluding ortho intramolecular Hbond substituents is 1. The van der Waals surface area contributed by atoms with Crippen LogP contribution in [-0.2, 0) is 20.5 Å². The Labute approximate surface area is 185 Å². The number of halogens is 4. The molecule has 0 saturated carbocycles. The highest BCUT2D eigenvalue weighted by molar-refractivity contribution is 6.31. The maximum Gasteiger partial charge on any atom is 0.417 e. The molecule has 0 aliphatic rings. The number of benzene rings is 2. The van der Waals surface area contributed by atoms with Gasteiger partial charge in [-0.3, -0.25) is 9.59 Å². The zero-order valence-electron chi connectivity index (χ0n) is 16.8. The third-order valence-electron chi connectivity index (χ3n) is 4.11. The topological polar surface area (TPSA) is 105 Å². The van der Waals surface area contributed by atoms with Crippen molar-refractivity contribution in [2.45, 2.75) is 6.18 Å². The highest BCUT2D eigenvalue weighted by Gasteiger charge is 2.33. The monoisotopic (exact) mass is 474 g/mol. The van der Waals surface area contributed by atoms with E-state index in [0.29, 0.717) is 11.8 Å². The van der Waals surface area contributed by atoms with Crippen molar-refractivity contribution in [2.24, 2.45) is 0 Å². The molecule has 0 bridgehead atoms. The summed E-state index contributed by atoms with van der Waals surface area (Å²) in [5.41, 5.74) is -1.47. The second kappa shape index (κ2) is 10.2. The lowest BCUT2D eigenvalue weighted by Gasteiger charge is -2.17. The number of esters is 1. The SMILES string of the molecule is COc1ccc(C(=O)OCC(=O)N(C)CC(=O)Nc2ccc(Cl)c(C(F)(F)F)c2)c(O)c1. The number of carbonyl (C=O) groups excluding carboxylic acids is 3. The maximum atomic E-state index is 12.9. The van der Waals surface area contributed by atoms with Crippen molar-refractivity contribution in [3.63, 3.8) is 0 Å². The van der Waals surface area contributed by atoms with Gasteiger partial charge in [0.05, 0.1) is 24.2 Å². The van der Waals surface area contributed by atoms with E-state index in [9.17, 15) is 32.7 Å². The minimum atomic E-state index is -4.70. The molecule has 0 saturated heterocycles. The summed E-state index contributed by atoms with van der Waals surface area (Å²) in [6, 6.07) is 6.69. The third kappa shape index (κ3) is 6.51. The number of likely N-dealkylation sites (N-methyl/N-ethyl adjacent to an activating group) is 1. The Morgan fingerprint density at radius 1 is 1.16 bits per heavy atom. The number of nitrogens with one attached hydrogen (secondary N) is 1. The number of rotatable bonds is 7. The Bertz CT molecular complexity index is 1030. The quantitative estimate of drug-likeness (QED) is 0.596. The molecule has 32 heavy (non-hydrogen) atoms. The summed E-state index contributed by atoms with van der Waals surface area (Å²) in [5, 5.41) is 11.5. The molecule has 12 heteroatoms. The normalized spacial score (nSPS) is 10.9. The van der Waals surface area contributed by atoms with Gasteiger partial charge in [-0.05, 0) is 30.3 Å². The second-order valence-electron chi connectivity index (χ2n) is 6.45. The summed E-state index contributed by atoms with van der Waals surface area (Å²) in [4.78, 5) is 37.1. The number of methoxy groups -OCH3 is 1. The molecule has 0 aliphatic carbocycles. The molecule has 0 aromatic heterocycles. The van der Waals surface area contributed by atoms with Gasteiger partial charge in [0.2, 0.25) is 5.91 Å². The van der Waals surface area contributed by atoms with E-state index in [-0.39, 0.29) is 11.3 Å². The first-order valence-electron chi connectivity index (χ1n) is 8.87. The van der Waals surface area contributed by atoms with Crippen LogP contribution in [0.25, 0.3) is 0 Å². The molecule has 2 N–H and O–H groups in total. The molecular formula is C20H18ClF3N2O6. The number of amides is 2. The van der Waals surface area contributed by atoms with Crippen molar-refractivity contribution in [3.05, 3.63) is 52.5 Å². The fourth-order valence-electron chi connectivity index (χ4n) is 2.45.